The van der Waals surface area contributed by atoms with Crippen LogP contribution in [0.15, 0.2) is 43.4 Å². The molecule has 0 bridgehead atoms. The van der Waals surface area contributed by atoms with E-state index in [9.17, 15) is 0 Å². The monoisotopic (exact) mass is 257 g/mol. The van der Waals surface area contributed by atoms with Gasteiger partial charge in [0.05, 0.1) is 7.11 Å². The normalized spacial score (nSPS) is 9.74. The molecule has 2 rings (SSSR count). The Bertz CT molecular complexity index is 585. The number of benzene rings is 1. The van der Waals surface area contributed by atoms with E-state index < -0.39 is 0 Å². The Kier molecular flexibility index (Phi) is 3.82. The van der Waals surface area contributed by atoms with Crippen LogP contribution < -0.4 is 21.1 Å². The summed E-state index contributed by atoms with van der Waals surface area (Å²) in [5.74, 6) is 1.78. The summed E-state index contributed by atoms with van der Waals surface area (Å²) in [5, 5.41) is 5.96. The Morgan fingerprint density at radius 3 is 2.84 bits per heavy atom. The van der Waals surface area contributed by atoms with Gasteiger partial charge >= 0.3 is 0 Å². The van der Waals surface area contributed by atoms with Gasteiger partial charge in [0.15, 0.2) is 11.6 Å². The number of nitrogens with zero attached hydrogens (tertiary/aromatic N) is 2. The Balaban J connectivity index is 2.27. The second kappa shape index (κ2) is 5.72. The van der Waals surface area contributed by atoms with Gasteiger partial charge in [0, 0.05) is 11.8 Å². The fourth-order valence-corrected chi connectivity index (χ4v) is 1.54. The zero-order chi connectivity index (χ0) is 13.7. The van der Waals surface area contributed by atoms with Crippen molar-refractivity contribution >= 4 is 23.0 Å². The summed E-state index contributed by atoms with van der Waals surface area (Å²) >= 11 is 0. The second-order valence-electron chi connectivity index (χ2n) is 3.69. The van der Waals surface area contributed by atoms with E-state index >= 15 is 0 Å². The quantitative estimate of drug-likeness (QED) is 0.762. The molecular weight excluding hydrogens is 242 g/mol. The van der Waals surface area contributed by atoms with Gasteiger partial charge in [0.25, 0.3) is 0 Å². The van der Waals surface area contributed by atoms with E-state index in [4.69, 9.17) is 10.5 Å². The molecule has 4 N–H and O–H groups in total. The van der Waals surface area contributed by atoms with Crippen molar-refractivity contribution < 1.29 is 4.74 Å². The largest absolute Gasteiger partial charge is 0.497 e. The van der Waals surface area contributed by atoms with Crippen LogP contribution in [0.2, 0.25) is 0 Å². The van der Waals surface area contributed by atoms with Crippen LogP contribution in [0.25, 0.3) is 0 Å². The summed E-state index contributed by atoms with van der Waals surface area (Å²) in [6.45, 7) is 3.57. The van der Waals surface area contributed by atoms with Gasteiger partial charge < -0.3 is 21.1 Å². The molecule has 19 heavy (non-hydrogen) atoms. The SMILES string of the molecule is C=CNc1ncnc(Nc2cccc(OC)c2)c1N. The van der Waals surface area contributed by atoms with Crippen LogP contribution >= 0.6 is 0 Å². The lowest BCUT2D eigenvalue weighted by Gasteiger charge is -2.11. The number of nitrogen functional groups attached to an aromatic ring is 1. The van der Waals surface area contributed by atoms with E-state index in [0.717, 1.165) is 11.4 Å². The van der Waals surface area contributed by atoms with Crippen molar-refractivity contribution in [1.29, 1.82) is 0 Å². The average molecular weight is 257 g/mol. The number of anilines is 4. The highest BCUT2D eigenvalue weighted by Gasteiger charge is 2.07. The first kappa shape index (κ1) is 12.7. The van der Waals surface area contributed by atoms with Crippen molar-refractivity contribution in [2.24, 2.45) is 0 Å². The summed E-state index contributed by atoms with van der Waals surface area (Å²) in [6.07, 6.45) is 2.93. The molecule has 2 aromatic rings. The third kappa shape index (κ3) is 2.92. The number of rotatable bonds is 5. The van der Waals surface area contributed by atoms with Gasteiger partial charge in [-0.25, -0.2) is 9.97 Å². The molecule has 6 nitrogen and oxygen atoms in total. The van der Waals surface area contributed by atoms with E-state index in [1.165, 1.54) is 12.5 Å². The molecule has 0 atom stereocenters. The fraction of sp³-hybridized carbons (Fsp3) is 0.0769. The fourth-order valence-electron chi connectivity index (χ4n) is 1.54. The van der Waals surface area contributed by atoms with Crippen LogP contribution in [0.3, 0.4) is 0 Å². The molecule has 0 aliphatic heterocycles. The molecule has 0 radical (unpaired) electrons. The molecule has 6 heteroatoms. The zero-order valence-corrected chi connectivity index (χ0v) is 10.6. The molecule has 1 aromatic heterocycles. The topological polar surface area (TPSA) is 85.1 Å². The minimum atomic E-state index is 0.421. The van der Waals surface area contributed by atoms with Gasteiger partial charge in [-0.05, 0) is 18.3 Å². The Morgan fingerprint density at radius 2 is 2.11 bits per heavy atom. The van der Waals surface area contributed by atoms with E-state index in [0.29, 0.717) is 17.3 Å². The molecule has 0 spiro atoms. The lowest BCUT2D eigenvalue weighted by atomic mass is 10.3. The van der Waals surface area contributed by atoms with Crippen molar-refractivity contribution in [2.45, 2.75) is 0 Å². The van der Waals surface area contributed by atoms with Crippen molar-refractivity contribution in [3.05, 3.63) is 43.4 Å². The highest BCUT2D eigenvalue weighted by atomic mass is 16.5. The van der Waals surface area contributed by atoms with Crippen LogP contribution in [-0.2, 0) is 0 Å². The Labute approximate surface area is 111 Å². The number of aromatic nitrogens is 2. The van der Waals surface area contributed by atoms with Gasteiger partial charge in [0.2, 0.25) is 0 Å². The first-order valence-corrected chi connectivity index (χ1v) is 5.63. The first-order chi connectivity index (χ1) is 9.24. The van der Waals surface area contributed by atoms with Gasteiger partial charge in [-0.3, -0.25) is 0 Å². The lowest BCUT2D eigenvalue weighted by Crippen LogP contribution is -2.04. The van der Waals surface area contributed by atoms with Gasteiger partial charge in [-0.2, -0.15) is 0 Å². The van der Waals surface area contributed by atoms with Crippen molar-refractivity contribution in [3.63, 3.8) is 0 Å². The Morgan fingerprint density at radius 1 is 1.32 bits per heavy atom. The Hall–Kier alpha value is -2.76. The van der Waals surface area contributed by atoms with Gasteiger partial charge in [-0.15, -0.1) is 0 Å². The summed E-state index contributed by atoms with van der Waals surface area (Å²) < 4.78 is 5.16. The highest BCUT2D eigenvalue weighted by molar-refractivity contribution is 5.78. The number of methoxy groups -OCH3 is 1. The molecule has 0 saturated carbocycles. The maximum absolute atomic E-state index is 5.96. The minimum absolute atomic E-state index is 0.421. The van der Waals surface area contributed by atoms with Gasteiger partial charge in [-0.1, -0.05) is 12.6 Å². The number of ether oxygens (including phenoxy) is 1. The molecule has 1 aromatic carbocycles. The van der Waals surface area contributed by atoms with Crippen molar-refractivity contribution in [1.82, 2.24) is 9.97 Å². The van der Waals surface area contributed by atoms with Crippen LogP contribution in [0.4, 0.5) is 23.0 Å². The predicted molar refractivity (Wildman–Crippen MR) is 76.5 cm³/mol. The predicted octanol–water partition coefficient (Wildman–Crippen LogP) is 2.37. The standard InChI is InChI=1S/C13H15N5O/c1-3-15-12-11(14)13(17-8-16-12)18-9-5-4-6-10(7-9)19-2/h3-8H,1,14H2,2H3,(H2,15,16,17,18). The van der Waals surface area contributed by atoms with E-state index in [2.05, 4.69) is 27.2 Å². The number of hydrogen-bond donors (Lipinski definition) is 3. The van der Waals surface area contributed by atoms with Crippen LogP contribution in [-0.4, -0.2) is 17.1 Å². The van der Waals surface area contributed by atoms with Crippen LogP contribution in [0.1, 0.15) is 0 Å². The lowest BCUT2D eigenvalue weighted by molar-refractivity contribution is 0.415. The van der Waals surface area contributed by atoms with E-state index in [1.54, 1.807) is 7.11 Å². The smallest absolute Gasteiger partial charge is 0.159 e. The molecule has 98 valence electrons. The number of hydrogen-bond acceptors (Lipinski definition) is 6. The third-order valence-corrected chi connectivity index (χ3v) is 2.46. The van der Waals surface area contributed by atoms with Crippen molar-refractivity contribution in [3.8, 4) is 5.75 Å². The first-order valence-electron chi connectivity index (χ1n) is 5.63. The van der Waals surface area contributed by atoms with Crippen molar-refractivity contribution in [2.75, 3.05) is 23.5 Å². The zero-order valence-electron chi connectivity index (χ0n) is 10.6. The molecular formula is C13H15N5O. The maximum atomic E-state index is 5.96. The molecule has 0 fully saturated rings. The maximum Gasteiger partial charge on any atom is 0.159 e. The highest BCUT2D eigenvalue weighted by Crippen LogP contribution is 2.27. The van der Waals surface area contributed by atoms with Crippen LogP contribution in [0.5, 0.6) is 5.75 Å². The summed E-state index contributed by atoms with van der Waals surface area (Å²) in [5.41, 5.74) is 7.21. The third-order valence-electron chi connectivity index (χ3n) is 2.46. The molecule has 0 saturated heterocycles. The summed E-state index contributed by atoms with van der Waals surface area (Å²) in [4.78, 5) is 8.13. The number of nitrogens with one attached hydrogen (secondary N) is 2. The van der Waals surface area contributed by atoms with E-state index in [-0.39, 0.29) is 0 Å². The molecule has 0 unspecified atom stereocenters. The van der Waals surface area contributed by atoms with Gasteiger partial charge in [0.1, 0.15) is 17.8 Å². The number of nitrogens with two attached hydrogens (primary N) is 1. The molecule has 1 heterocycles. The minimum Gasteiger partial charge on any atom is -0.497 e. The molecule has 0 aliphatic carbocycles. The second-order valence-corrected chi connectivity index (χ2v) is 3.69. The summed E-state index contributed by atoms with van der Waals surface area (Å²) in [7, 11) is 1.62. The van der Waals surface area contributed by atoms with Crippen LogP contribution in [0, 0.1) is 0 Å². The molecule has 0 aliphatic rings. The molecule has 0 amide bonds. The average Bonchev–Trinajstić information content (AvgIpc) is 2.44. The van der Waals surface area contributed by atoms with E-state index in [1.807, 2.05) is 24.3 Å². The summed E-state index contributed by atoms with van der Waals surface area (Å²) in [6, 6.07) is 7.48.